The van der Waals surface area contributed by atoms with Gasteiger partial charge in [-0.05, 0) is 67.1 Å². The second-order valence-corrected chi connectivity index (χ2v) is 7.39. The molecular weight excluding hydrogens is 400 g/mol. The molecule has 5 nitrogen and oxygen atoms in total. The zero-order chi connectivity index (χ0) is 22.3. The van der Waals surface area contributed by atoms with Gasteiger partial charge in [-0.25, -0.2) is 4.98 Å². The maximum atomic E-state index is 12.6. The molecule has 0 spiro atoms. The molecule has 1 heterocycles. The molecule has 0 saturated carbocycles. The van der Waals surface area contributed by atoms with Gasteiger partial charge in [0.05, 0.1) is 13.4 Å². The number of nitrogens with zero attached hydrogens (tertiary/aromatic N) is 2. The van der Waals surface area contributed by atoms with E-state index >= 15 is 0 Å². The second-order valence-electron chi connectivity index (χ2n) is 7.39. The van der Waals surface area contributed by atoms with E-state index in [-0.39, 0.29) is 5.78 Å². The summed E-state index contributed by atoms with van der Waals surface area (Å²) in [5, 5.41) is 0. The Kier molecular flexibility index (Phi) is 6.46. The van der Waals surface area contributed by atoms with E-state index < -0.39 is 0 Å². The van der Waals surface area contributed by atoms with Crippen LogP contribution in [0.25, 0.3) is 11.8 Å². The predicted molar refractivity (Wildman–Crippen MR) is 125 cm³/mol. The summed E-state index contributed by atoms with van der Waals surface area (Å²) < 4.78 is 13.3. The Morgan fingerprint density at radius 2 is 1.81 bits per heavy atom. The molecule has 0 bridgehead atoms. The molecule has 0 amide bonds. The Hall–Kier alpha value is -4.12. The number of methoxy groups -OCH3 is 1. The van der Waals surface area contributed by atoms with Crippen LogP contribution in [0.4, 0.5) is 0 Å². The van der Waals surface area contributed by atoms with Gasteiger partial charge in [0.25, 0.3) is 0 Å². The molecule has 160 valence electrons. The number of carbonyl (C=O) groups excluding carboxylic acids is 1. The van der Waals surface area contributed by atoms with E-state index in [1.54, 1.807) is 31.8 Å². The number of allylic oxidation sites excluding steroid dienone is 1. The molecule has 0 aliphatic rings. The molecule has 3 aromatic carbocycles. The average Bonchev–Trinajstić information content (AvgIpc) is 3.37. The number of imidazole rings is 1. The van der Waals surface area contributed by atoms with Crippen molar-refractivity contribution >= 4 is 11.9 Å². The van der Waals surface area contributed by atoms with Gasteiger partial charge >= 0.3 is 0 Å². The molecule has 0 aliphatic carbocycles. The summed E-state index contributed by atoms with van der Waals surface area (Å²) in [7, 11) is 1.64. The zero-order valence-corrected chi connectivity index (χ0v) is 18.1. The molecular formula is C27H24N2O3. The Bertz CT molecular complexity index is 1210. The van der Waals surface area contributed by atoms with Crippen LogP contribution in [0.15, 0.2) is 91.5 Å². The molecule has 1 aromatic heterocycles. The van der Waals surface area contributed by atoms with Gasteiger partial charge < -0.3 is 14.0 Å². The number of hydrogen-bond donors (Lipinski definition) is 0. The van der Waals surface area contributed by atoms with Crippen LogP contribution in [0.1, 0.15) is 27.0 Å². The SMILES string of the molecule is COc1ccc(/C=C/C(=O)c2ccc(-n3ccnc3)cc2)cc1COc1ccc(C)cc1. The number of benzene rings is 3. The number of carbonyl (C=O) groups is 1. The first-order valence-corrected chi connectivity index (χ1v) is 10.3. The van der Waals surface area contributed by atoms with Gasteiger partial charge in [-0.3, -0.25) is 4.79 Å². The molecule has 0 N–H and O–H groups in total. The van der Waals surface area contributed by atoms with Crippen molar-refractivity contribution in [3.63, 3.8) is 0 Å². The maximum Gasteiger partial charge on any atom is 0.185 e. The number of ketones is 1. The molecule has 0 fully saturated rings. The third-order valence-electron chi connectivity index (χ3n) is 5.10. The molecule has 0 aliphatic heterocycles. The monoisotopic (exact) mass is 424 g/mol. The highest BCUT2D eigenvalue weighted by atomic mass is 16.5. The topological polar surface area (TPSA) is 53.4 Å². The Labute approximate surface area is 187 Å². The molecule has 0 atom stereocenters. The highest BCUT2D eigenvalue weighted by molar-refractivity contribution is 6.06. The van der Waals surface area contributed by atoms with Gasteiger partial charge in [0.1, 0.15) is 18.1 Å². The summed E-state index contributed by atoms with van der Waals surface area (Å²) in [5.74, 6) is 1.49. The fourth-order valence-corrected chi connectivity index (χ4v) is 3.29. The lowest BCUT2D eigenvalue weighted by molar-refractivity contribution is 0.104. The van der Waals surface area contributed by atoms with Crippen molar-refractivity contribution in [1.29, 1.82) is 0 Å². The number of ether oxygens (including phenoxy) is 2. The quantitative estimate of drug-likeness (QED) is 0.270. The van der Waals surface area contributed by atoms with Gasteiger partial charge in [0.15, 0.2) is 5.78 Å². The molecule has 0 saturated heterocycles. The van der Waals surface area contributed by atoms with Crippen molar-refractivity contribution in [3.05, 3.63) is 114 Å². The van der Waals surface area contributed by atoms with Crippen molar-refractivity contribution in [2.24, 2.45) is 0 Å². The molecule has 0 unspecified atom stereocenters. The summed E-state index contributed by atoms with van der Waals surface area (Å²) >= 11 is 0. The third-order valence-corrected chi connectivity index (χ3v) is 5.10. The van der Waals surface area contributed by atoms with Gasteiger partial charge in [0.2, 0.25) is 0 Å². The smallest absolute Gasteiger partial charge is 0.185 e. The van der Waals surface area contributed by atoms with Crippen LogP contribution in [-0.4, -0.2) is 22.4 Å². The van der Waals surface area contributed by atoms with Gasteiger partial charge in [-0.2, -0.15) is 0 Å². The summed E-state index contributed by atoms with van der Waals surface area (Å²) in [5.41, 5.74) is 4.57. The number of hydrogen-bond acceptors (Lipinski definition) is 4. The lowest BCUT2D eigenvalue weighted by atomic mass is 10.1. The van der Waals surface area contributed by atoms with Gasteiger partial charge in [0, 0.05) is 29.2 Å². The zero-order valence-electron chi connectivity index (χ0n) is 18.1. The minimum absolute atomic E-state index is 0.0598. The normalized spacial score (nSPS) is 10.9. The number of aromatic nitrogens is 2. The summed E-state index contributed by atoms with van der Waals surface area (Å²) in [6.07, 6.45) is 8.69. The van der Waals surface area contributed by atoms with Crippen molar-refractivity contribution in [3.8, 4) is 17.2 Å². The predicted octanol–water partition coefficient (Wildman–Crippen LogP) is 5.66. The van der Waals surface area contributed by atoms with Crippen LogP contribution in [0.5, 0.6) is 11.5 Å². The Balaban J connectivity index is 1.45. The molecule has 4 aromatic rings. The number of aryl methyl sites for hydroxylation is 1. The lowest BCUT2D eigenvalue weighted by Gasteiger charge is -2.11. The molecule has 0 radical (unpaired) electrons. The fraction of sp³-hybridized carbons (Fsp3) is 0.111. The molecule has 4 rings (SSSR count). The van der Waals surface area contributed by atoms with E-state index in [0.717, 1.165) is 28.3 Å². The Morgan fingerprint density at radius 3 is 2.50 bits per heavy atom. The van der Waals surface area contributed by atoms with Crippen LogP contribution < -0.4 is 9.47 Å². The van der Waals surface area contributed by atoms with Crippen LogP contribution in [0.2, 0.25) is 0 Å². The van der Waals surface area contributed by atoms with E-state index in [0.29, 0.717) is 12.2 Å². The minimum atomic E-state index is -0.0598. The average molecular weight is 425 g/mol. The van der Waals surface area contributed by atoms with Crippen LogP contribution in [-0.2, 0) is 6.61 Å². The first-order valence-electron chi connectivity index (χ1n) is 10.3. The lowest BCUT2D eigenvalue weighted by Crippen LogP contribution is -1.99. The first kappa shape index (κ1) is 21.1. The molecule has 5 heteroatoms. The fourth-order valence-electron chi connectivity index (χ4n) is 3.29. The van der Waals surface area contributed by atoms with E-state index in [4.69, 9.17) is 9.47 Å². The summed E-state index contributed by atoms with van der Waals surface area (Å²) in [6, 6.07) is 21.1. The Morgan fingerprint density at radius 1 is 1.03 bits per heavy atom. The van der Waals surface area contributed by atoms with E-state index in [1.165, 1.54) is 5.56 Å². The van der Waals surface area contributed by atoms with E-state index in [1.807, 2.05) is 84.4 Å². The van der Waals surface area contributed by atoms with E-state index in [2.05, 4.69) is 4.98 Å². The van der Waals surface area contributed by atoms with Crippen molar-refractivity contribution < 1.29 is 14.3 Å². The largest absolute Gasteiger partial charge is 0.496 e. The second kappa shape index (κ2) is 9.79. The van der Waals surface area contributed by atoms with Crippen LogP contribution in [0.3, 0.4) is 0 Å². The number of rotatable bonds is 8. The van der Waals surface area contributed by atoms with Crippen LogP contribution in [0, 0.1) is 6.92 Å². The van der Waals surface area contributed by atoms with Crippen molar-refractivity contribution in [1.82, 2.24) is 9.55 Å². The molecule has 32 heavy (non-hydrogen) atoms. The third kappa shape index (κ3) is 5.13. The standard InChI is InChI=1S/C27H24N2O3/c1-20-3-11-25(12-4-20)32-18-23-17-21(6-14-27(23)31-2)5-13-26(30)22-7-9-24(10-8-22)29-16-15-28-19-29/h3-17,19H,18H2,1-2H3/b13-5+. The summed E-state index contributed by atoms with van der Waals surface area (Å²) in [4.78, 5) is 16.6. The van der Waals surface area contributed by atoms with E-state index in [9.17, 15) is 4.79 Å². The first-order chi connectivity index (χ1) is 15.6. The highest BCUT2D eigenvalue weighted by Gasteiger charge is 2.07. The highest BCUT2D eigenvalue weighted by Crippen LogP contribution is 2.23. The van der Waals surface area contributed by atoms with Gasteiger partial charge in [-0.15, -0.1) is 0 Å². The minimum Gasteiger partial charge on any atom is -0.496 e. The van der Waals surface area contributed by atoms with Crippen molar-refractivity contribution in [2.75, 3.05) is 7.11 Å². The summed E-state index contributed by atoms with van der Waals surface area (Å²) in [6.45, 7) is 2.41. The van der Waals surface area contributed by atoms with Crippen LogP contribution >= 0.6 is 0 Å². The van der Waals surface area contributed by atoms with Crippen molar-refractivity contribution in [2.45, 2.75) is 13.5 Å². The van der Waals surface area contributed by atoms with Gasteiger partial charge in [-0.1, -0.05) is 29.8 Å². The maximum absolute atomic E-state index is 12.6.